The summed E-state index contributed by atoms with van der Waals surface area (Å²) in [5.41, 5.74) is 10.5. The van der Waals surface area contributed by atoms with Gasteiger partial charge in [-0.15, -0.1) is 0 Å². The number of aliphatic imine (C=N–C) groups is 2. The molecule has 0 aromatic carbocycles. The van der Waals surface area contributed by atoms with Crippen LogP contribution in [0.3, 0.4) is 0 Å². The minimum Gasteiger partial charge on any atom is -0.379 e. The van der Waals surface area contributed by atoms with E-state index in [1.54, 1.807) is 18.5 Å². The number of rotatable bonds is 8. The number of nitrogens with zero attached hydrogens (tertiary/aromatic N) is 3. The molecule has 1 saturated heterocycles. The van der Waals surface area contributed by atoms with Crippen LogP contribution in [0.25, 0.3) is 0 Å². The number of nitrogens with one attached hydrogen (secondary N) is 1. The average Bonchev–Trinajstić information content (AvgIpc) is 3.11. The molecule has 6 heteroatoms. The van der Waals surface area contributed by atoms with E-state index in [4.69, 9.17) is 5.73 Å². The third kappa shape index (κ3) is 6.98. The van der Waals surface area contributed by atoms with Crippen molar-refractivity contribution in [2.75, 3.05) is 19.6 Å². The van der Waals surface area contributed by atoms with Crippen LogP contribution in [0, 0.1) is 0 Å². The van der Waals surface area contributed by atoms with Crippen molar-refractivity contribution in [2.24, 2.45) is 15.7 Å². The number of hydrogen-bond acceptors (Lipinski definition) is 5. The Balaban J connectivity index is 2.12. The van der Waals surface area contributed by atoms with E-state index < -0.39 is 0 Å². The molecule has 29 heavy (non-hydrogen) atoms. The van der Waals surface area contributed by atoms with Gasteiger partial charge in [-0.1, -0.05) is 23.8 Å². The van der Waals surface area contributed by atoms with E-state index in [2.05, 4.69) is 28.1 Å². The monoisotopic (exact) mass is 397 g/mol. The van der Waals surface area contributed by atoms with Crippen molar-refractivity contribution in [3.8, 4) is 0 Å². The van der Waals surface area contributed by atoms with Gasteiger partial charge in [0.25, 0.3) is 0 Å². The molecular formula is C23H32FN5. The molecule has 0 spiro atoms. The first-order valence-electron chi connectivity index (χ1n) is 9.95. The van der Waals surface area contributed by atoms with Gasteiger partial charge in [0, 0.05) is 50.2 Å². The zero-order chi connectivity index (χ0) is 21.2. The van der Waals surface area contributed by atoms with Crippen LogP contribution in [0.15, 0.2) is 81.1 Å². The SMILES string of the molecule is C=N/C=C\N=C1C=CC(CNC(=C/C)/C(=C(/F)C=C(C)C)N2CCC(N)C2)=CC1. The second-order valence-corrected chi connectivity index (χ2v) is 7.39. The molecule has 2 aliphatic rings. The Bertz CT molecular complexity index is 807. The van der Waals surface area contributed by atoms with Crippen LogP contribution in [-0.2, 0) is 0 Å². The number of nitrogens with two attached hydrogens (primary N) is 1. The van der Waals surface area contributed by atoms with Gasteiger partial charge in [0.05, 0.1) is 11.4 Å². The lowest BCUT2D eigenvalue weighted by Crippen LogP contribution is -2.31. The summed E-state index contributed by atoms with van der Waals surface area (Å²) in [5.74, 6) is -0.232. The maximum Gasteiger partial charge on any atom is 0.148 e. The van der Waals surface area contributed by atoms with Gasteiger partial charge in [0.15, 0.2) is 0 Å². The normalized spacial score (nSPS) is 22.0. The molecule has 0 aromatic heterocycles. The molecular weight excluding hydrogens is 365 g/mol. The van der Waals surface area contributed by atoms with E-state index in [1.807, 2.05) is 43.9 Å². The van der Waals surface area contributed by atoms with Crippen LogP contribution in [0.5, 0.6) is 0 Å². The van der Waals surface area contributed by atoms with E-state index in [0.29, 0.717) is 18.8 Å². The largest absolute Gasteiger partial charge is 0.379 e. The second-order valence-electron chi connectivity index (χ2n) is 7.39. The summed E-state index contributed by atoms with van der Waals surface area (Å²) in [5, 5.41) is 3.41. The Morgan fingerprint density at radius 1 is 1.38 bits per heavy atom. The Hall–Kier alpha value is -2.73. The van der Waals surface area contributed by atoms with Crippen molar-refractivity contribution < 1.29 is 4.39 Å². The second kappa shape index (κ2) is 11.3. The smallest absolute Gasteiger partial charge is 0.148 e. The van der Waals surface area contributed by atoms with Crippen LogP contribution in [0.4, 0.5) is 4.39 Å². The van der Waals surface area contributed by atoms with E-state index in [9.17, 15) is 0 Å². The maximum absolute atomic E-state index is 15.1. The lowest BCUT2D eigenvalue weighted by Gasteiger charge is -2.26. The fraction of sp³-hybridized carbons (Fsp3) is 0.391. The van der Waals surface area contributed by atoms with Gasteiger partial charge < -0.3 is 16.0 Å². The first-order valence-corrected chi connectivity index (χ1v) is 9.95. The van der Waals surface area contributed by atoms with Crippen LogP contribution in [0.1, 0.15) is 33.6 Å². The lowest BCUT2D eigenvalue weighted by atomic mass is 10.1. The first kappa shape index (κ1) is 22.6. The van der Waals surface area contributed by atoms with E-state index in [0.717, 1.165) is 41.9 Å². The van der Waals surface area contributed by atoms with Gasteiger partial charge in [-0.3, -0.25) is 9.98 Å². The number of likely N-dealkylation sites (tertiary alicyclic amines) is 1. The Morgan fingerprint density at radius 3 is 2.72 bits per heavy atom. The fourth-order valence-electron chi connectivity index (χ4n) is 3.26. The van der Waals surface area contributed by atoms with Crippen molar-refractivity contribution in [3.63, 3.8) is 0 Å². The molecule has 0 aromatic rings. The summed E-state index contributed by atoms with van der Waals surface area (Å²) >= 11 is 0. The summed E-state index contributed by atoms with van der Waals surface area (Å²) in [6.45, 7) is 11.1. The predicted molar refractivity (Wildman–Crippen MR) is 121 cm³/mol. The summed E-state index contributed by atoms with van der Waals surface area (Å²) in [7, 11) is 0. The topological polar surface area (TPSA) is 66.0 Å². The lowest BCUT2D eigenvalue weighted by molar-refractivity contribution is 0.403. The number of hydrogen-bond donors (Lipinski definition) is 2. The van der Waals surface area contributed by atoms with Gasteiger partial charge in [-0.25, -0.2) is 4.39 Å². The zero-order valence-corrected chi connectivity index (χ0v) is 17.7. The van der Waals surface area contributed by atoms with Crippen LogP contribution < -0.4 is 11.1 Å². The molecule has 1 aliphatic heterocycles. The molecule has 1 fully saturated rings. The van der Waals surface area contributed by atoms with E-state index in [-0.39, 0.29) is 11.9 Å². The summed E-state index contributed by atoms with van der Waals surface area (Å²) in [6, 6.07) is 0.0784. The first-order chi connectivity index (χ1) is 13.9. The average molecular weight is 398 g/mol. The summed E-state index contributed by atoms with van der Waals surface area (Å²) in [4.78, 5) is 9.99. The summed E-state index contributed by atoms with van der Waals surface area (Å²) in [6.07, 6.45) is 14.4. The molecule has 1 atom stereocenters. The molecule has 1 aliphatic carbocycles. The van der Waals surface area contributed by atoms with E-state index in [1.165, 1.54) is 0 Å². The highest BCUT2D eigenvalue weighted by atomic mass is 19.1. The molecule has 2 rings (SSSR count). The maximum atomic E-state index is 15.1. The van der Waals surface area contributed by atoms with Crippen LogP contribution in [0.2, 0.25) is 0 Å². The molecule has 0 saturated carbocycles. The van der Waals surface area contributed by atoms with Crippen molar-refractivity contribution in [2.45, 2.75) is 39.7 Å². The Morgan fingerprint density at radius 2 is 2.17 bits per heavy atom. The molecule has 3 N–H and O–H groups in total. The zero-order valence-electron chi connectivity index (χ0n) is 17.7. The van der Waals surface area contributed by atoms with Gasteiger partial charge in [0.2, 0.25) is 0 Å². The number of allylic oxidation sites excluding steroid dienone is 6. The third-order valence-electron chi connectivity index (χ3n) is 4.68. The van der Waals surface area contributed by atoms with Crippen molar-refractivity contribution in [1.82, 2.24) is 10.2 Å². The molecule has 0 amide bonds. The Labute approximate surface area is 173 Å². The third-order valence-corrected chi connectivity index (χ3v) is 4.68. The van der Waals surface area contributed by atoms with Gasteiger partial charge in [0.1, 0.15) is 5.83 Å². The Kier molecular flexibility index (Phi) is 8.80. The molecule has 0 bridgehead atoms. The van der Waals surface area contributed by atoms with Crippen molar-refractivity contribution >= 4 is 12.4 Å². The minimum atomic E-state index is -0.232. The van der Waals surface area contributed by atoms with Gasteiger partial charge in [-0.05, 0) is 51.6 Å². The highest BCUT2D eigenvalue weighted by molar-refractivity contribution is 5.98. The van der Waals surface area contributed by atoms with Crippen molar-refractivity contribution in [3.05, 3.63) is 71.1 Å². The van der Waals surface area contributed by atoms with Gasteiger partial charge >= 0.3 is 0 Å². The minimum absolute atomic E-state index is 0.0784. The highest BCUT2D eigenvalue weighted by Gasteiger charge is 2.25. The van der Waals surface area contributed by atoms with Gasteiger partial charge in [-0.2, -0.15) is 0 Å². The summed E-state index contributed by atoms with van der Waals surface area (Å²) < 4.78 is 15.1. The fourth-order valence-corrected chi connectivity index (χ4v) is 3.26. The molecule has 156 valence electrons. The highest BCUT2D eigenvalue weighted by Crippen LogP contribution is 2.25. The quantitative estimate of drug-likeness (QED) is 0.477. The molecule has 1 heterocycles. The molecule has 1 unspecified atom stereocenters. The molecule has 5 nitrogen and oxygen atoms in total. The van der Waals surface area contributed by atoms with E-state index >= 15 is 4.39 Å². The van der Waals surface area contributed by atoms with Crippen LogP contribution >= 0.6 is 0 Å². The predicted octanol–water partition coefficient (Wildman–Crippen LogP) is 4.16. The van der Waals surface area contributed by atoms with Crippen LogP contribution in [-0.4, -0.2) is 43.0 Å². The number of halogens is 1. The van der Waals surface area contributed by atoms with Crippen molar-refractivity contribution in [1.29, 1.82) is 0 Å². The molecule has 0 radical (unpaired) electrons. The standard InChI is InChI=1S/C23H32FN5/c1-5-22(23(21(24)14-17(2)3)29-13-10-19(25)16-29)28-15-18-6-8-20(9-7-18)27-12-11-26-4/h5-8,11-12,14,19,28H,4,9-10,13,15-16,25H2,1-3H3/b12-11-,22-5+,23-21-,27-20?.